The summed E-state index contributed by atoms with van der Waals surface area (Å²) in [6, 6.07) is 7.99. The van der Waals surface area contributed by atoms with Crippen molar-refractivity contribution in [2.24, 2.45) is 5.41 Å². The van der Waals surface area contributed by atoms with E-state index in [1.54, 1.807) is 25.2 Å². The van der Waals surface area contributed by atoms with E-state index in [2.05, 4.69) is 25.1 Å². The van der Waals surface area contributed by atoms with E-state index in [0.717, 1.165) is 48.0 Å². The van der Waals surface area contributed by atoms with Crippen LogP contribution in [0.5, 0.6) is 0 Å². The lowest BCUT2D eigenvalue weighted by atomic mass is 9.95. The molecule has 30 heavy (non-hydrogen) atoms. The number of carboxylic acids is 1. The average Bonchev–Trinajstić information content (AvgIpc) is 3.45. The molecule has 9 heteroatoms. The van der Waals surface area contributed by atoms with Crippen molar-refractivity contribution < 1.29 is 14.6 Å². The number of hydrogen-bond donors (Lipinski definition) is 2. The molecule has 4 rings (SSSR count). The highest BCUT2D eigenvalue weighted by Crippen LogP contribution is 2.26. The van der Waals surface area contributed by atoms with Crippen molar-refractivity contribution in [2.75, 3.05) is 24.6 Å². The third kappa shape index (κ3) is 4.52. The molecule has 0 amide bonds. The van der Waals surface area contributed by atoms with Crippen LogP contribution in [0, 0.1) is 5.41 Å². The first kappa shape index (κ1) is 20.5. The average molecular weight is 428 g/mol. The smallest absolute Gasteiger partial charge is 0.311 e. The van der Waals surface area contributed by atoms with Gasteiger partial charge in [-0.15, -0.1) is 21.5 Å². The van der Waals surface area contributed by atoms with Gasteiger partial charge in [-0.1, -0.05) is 6.07 Å². The maximum absolute atomic E-state index is 11.2. The molecule has 4 heterocycles. The Morgan fingerprint density at radius 3 is 2.67 bits per heavy atom. The van der Waals surface area contributed by atoms with E-state index in [1.165, 1.54) is 0 Å². The van der Waals surface area contributed by atoms with Crippen LogP contribution in [0.4, 0.5) is 5.82 Å². The molecule has 0 aromatic carbocycles. The minimum absolute atomic E-state index is 0.0871. The molecule has 0 bridgehead atoms. The second kappa shape index (κ2) is 8.53. The summed E-state index contributed by atoms with van der Waals surface area (Å²) < 4.78 is 5.86. The number of H-pyrrole nitrogens is 1. The van der Waals surface area contributed by atoms with E-state index in [4.69, 9.17) is 4.74 Å². The zero-order valence-corrected chi connectivity index (χ0v) is 17.9. The second-order valence-electron chi connectivity index (χ2n) is 8.09. The summed E-state index contributed by atoms with van der Waals surface area (Å²) in [4.78, 5) is 22.3. The molecule has 8 nitrogen and oxygen atoms in total. The van der Waals surface area contributed by atoms with E-state index < -0.39 is 11.4 Å². The molecule has 1 aliphatic heterocycles. The molecule has 0 saturated carbocycles. The van der Waals surface area contributed by atoms with Crippen LogP contribution < -0.4 is 4.90 Å². The number of nitrogens with one attached hydrogen (secondary N) is 1. The monoisotopic (exact) mass is 427 g/mol. The van der Waals surface area contributed by atoms with Crippen molar-refractivity contribution in [3.8, 4) is 22.1 Å². The number of aromatic nitrogens is 4. The van der Waals surface area contributed by atoms with Gasteiger partial charge in [0.25, 0.3) is 0 Å². The Balaban J connectivity index is 1.33. The second-order valence-corrected chi connectivity index (χ2v) is 9.04. The number of aliphatic carboxylic acids is 1. The SMILES string of the molecule is CC(C)(COC1CCN(c2ccc(-c3nnc(-c4cccs4)[nH]3)cn2)CC1)C(=O)O. The number of thiophene rings is 1. The van der Waals surface area contributed by atoms with Gasteiger partial charge in [0.15, 0.2) is 11.6 Å². The van der Waals surface area contributed by atoms with Crippen LogP contribution in [-0.2, 0) is 9.53 Å². The Kier molecular flexibility index (Phi) is 5.83. The van der Waals surface area contributed by atoms with Crippen LogP contribution in [0.15, 0.2) is 35.8 Å². The number of carboxylic acid groups (broad SMARTS) is 1. The predicted molar refractivity (Wildman–Crippen MR) is 116 cm³/mol. The Hall–Kier alpha value is -2.78. The number of hydrogen-bond acceptors (Lipinski definition) is 7. The minimum atomic E-state index is -0.863. The molecule has 1 fully saturated rings. The van der Waals surface area contributed by atoms with Crippen LogP contribution in [0.2, 0.25) is 0 Å². The Morgan fingerprint density at radius 2 is 2.03 bits per heavy atom. The molecule has 0 unspecified atom stereocenters. The highest BCUT2D eigenvalue weighted by Gasteiger charge is 2.30. The molecular formula is C21H25N5O3S. The molecule has 2 N–H and O–H groups in total. The van der Waals surface area contributed by atoms with Crippen LogP contribution >= 0.6 is 11.3 Å². The number of nitrogens with zero attached hydrogens (tertiary/aromatic N) is 4. The molecule has 0 atom stereocenters. The van der Waals surface area contributed by atoms with Crippen molar-refractivity contribution in [1.82, 2.24) is 20.2 Å². The zero-order valence-electron chi connectivity index (χ0n) is 17.0. The zero-order chi connectivity index (χ0) is 21.1. The summed E-state index contributed by atoms with van der Waals surface area (Å²) in [6.07, 6.45) is 3.60. The number of carbonyl (C=O) groups is 1. The van der Waals surface area contributed by atoms with Crippen molar-refractivity contribution in [3.05, 3.63) is 35.8 Å². The van der Waals surface area contributed by atoms with Gasteiger partial charge in [-0.05, 0) is 50.3 Å². The molecule has 0 aliphatic carbocycles. The summed E-state index contributed by atoms with van der Waals surface area (Å²) in [5.74, 6) is 1.54. The lowest BCUT2D eigenvalue weighted by molar-refractivity contribution is -0.152. The standard InChI is InChI=1S/C21H25N5O3S/c1-21(2,20(27)28)13-29-15-7-9-26(10-8-15)17-6-5-14(12-22-17)18-23-19(25-24-18)16-4-3-11-30-16/h3-6,11-12,15H,7-10,13H2,1-2H3,(H,27,28)(H,23,24,25). The van der Waals surface area contributed by atoms with Gasteiger partial charge >= 0.3 is 5.97 Å². The van der Waals surface area contributed by atoms with Gasteiger partial charge in [-0.3, -0.25) is 4.79 Å². The molecule has 1 aliphatic rings. The van der Waals surface area contributed by atoms with Gasteiger partial charge in [-0.25, -0.2) is 4.98 Å². The van der Waals surface area contributed by atoms with Gasteiger partial charge in [0.2, 0.25) is 0 Å². The third-order valence-corrected chi connectivity index (χ3v) is 6.16. The first-order valence-electron chi connectivity index (χ1n) is 9.95. The summed E-state index contributed by atoms with van der Waals surface area (Å²) in [5.41, 5.74) is 0.0293. The van der Waals surface area contributed by atoms with Crippen LogP contribution in [0.25, 0.3) is 22.1 Å². The van der Waals surface area contributed by atoms with E-state index >= 15 is 0 Å². The number of aromatic amines is 1. The van der Waals surface area contributed by atoms with Gasteiger partial charge < -0.3 is 19.7 Å². The number of pyridine rings is 1. The minimum Gasteiger partial charge on any atom is -0.481 e. The first-order chi connectivity index (χ1) is 14.4. The Morgan fingerprint density at radius 1 is 1.27 bits per heavy atom. The van der Waals surface area contributed by atoms with Gasteiger partial charge in [0.1, 0.15) is 5.82 Å². The molecule has 0 spiro atoms. The molecule has 3 aromatic rings. The molecule has 1 saturated heterocycles. The third-order valence-electron chi connectivity index (χ3n) is 5.29. The van der Waals surface area contributed by atoms with E-state index in [0.29, 0.717) is 5.82 Å². The lowest BCUT2D eigenvalue weighted by Crippen LogP contribution is -2.39. The van der Waals surface area contributed by atoms with E-state index in [9.17, 15) is 9.90 Å². The van der Waals surface area contributed by atoms with Crippen molar-refractivity contribution >= 4 is 23.1 Å². The Labute approximate surface area is 178 Å². The Bertz CT molecular complexity index is 977. The normalized spacial score (nSPS) is 15.5. The largest absolute Gasteiger partial charge is 0.481 e. The maximum Gasteiger partial charge on any atom is 0.311 e. The highest BCUT2D eigenvalue weighted by molar-refractivity contribution is 7.13. The van der Waals surface area contributed by atoms with Crippen molar-refractivity contribution in [2.45, 2.75) is 32.8 Å². The summed E-state index contributed by atoms with van der Waals surface area (Å²) in [5, 5.41) is 19.7. The van der Waals surface area contributed by atoms with Gasteiger partial charge in [-0.2, -0.15) is 0 Å². The van der Waals surface area contributed by atoms with Crippen LogP contribution in [0.3, 0.4) is 0 Å². The van der Waals surface area contributed by atoms with E-state index in [1.807, 2.05) is 35.8 Å². The summed E-state index contributed by atoms with van der Waals surface area (Å²) >= 11 is 1.62. The quantitative estimate of drug-likeness (QED) is 0.592. The number of piperidine rings is 1. The number of rotatable bonds is 7. The number of anilines is 1. The van der Waals surface area contributed by atoms with Gasteiger partial charge in [0.05, 0.1) is 23.0 Å². The highest BCUT2D eigenvalue weighted by atomic mass is 32.1. The van der Waals surface area contributed by atoms with Crippen LogP contribution in [0.1, 0.15) is 26.7 Å². The summed E-state index contributed by atoms with van der Waals surface area (Å²) in [6.45, 7) is 5.26. The fraction of sp³-hybridized carbons (Fsp3) is 0.429. The predicted octanol–water partition coefficient (Wildman–Crippen LogP) is 3.69. The number of ether oxygens (including phenoxy) is 1. The van der Waals surface area contributed by atoms with Crippen LogP contribution in [-0.4, -0.2) is 57.0 Å². The van der Waals surface area contributed by atoms with Crippen molar-refractivity contribution in [3.63, 3.8) is 0 Å². The molecule has 158 valence electrons. The lowest BCUT2D eigenvalue weighted by Gasteiger charge is -2.34. The molecular weight excluding hydrogens is 402 g/mol. The molecule has 0 radical (unpaired) electrons. The van der Waals surface area contributed by atoms with Gasteiger partial charge in [0, 0.05) is 24.8 Å². The summed E-state index contributed by atoms with van der Waals surface area (Å²) in [7, 11) is 0. The fourth-order valence-electron chi connectivity index (χ4n) is 3.27. The molecule has 3 aromatic heterocycles. The first-order valence-corrected chi connectivity index (χ1v) is 10.8. The van der Waals surface area contributed by atoms with E-state index in [-0.39, 0.29) is 12.7 Å². The fourth-order valence-corrected chi connectivity index (χ4v) is 3.93. The van der Waals surface area contributed by atoms with Crippen molar-refractivity contribution in [1.29, 1.82) is 0 Å². The maximum atomic E-state index is 11.2. The topological polar surface area (TPSA) is 104 Å².